The smallest absolute Gasteiger partial charge is 0.410 e. The van der Waals surface area contributed by atoms with Crippen LogP contribution in [-0.4, -0.2) is 41.1 Å². The van der Waals surface area contributed by atoms with Crippen LogP contribution in [0.15, 0.2) is 12.1 Å². The second-order valence-electron chi connectivity index (χ2n) is 6.79. The van der Waals surface area contributed by atoms with Gasteiger partial charge in [-0.1, -0.05) is 11.6 Å². The first-order chi connectivity index (χ1) is 10.7. The first-order valence-corrected chi connectivity index (χ1v) is 8.04. The number of carbonyl (C=O) groups is 2. The van der Waals surface area contributed by atoms with Crippen LogP contribution in [0.25, 0.3) is 0 Å². The van der Waals surface area contributed by atoms with Crippen molar-refractivity contribution >= 4 is 24.0 Å². The summed E-state index contributed by atoms with van der Waals surface area (Å²) in [4.78, 5) is 24.6. The highest BCUT2D eigenvalue weighted by Crippen LogP contribution is 2.36. The lowest BCUT2D eigenvalue weighted by Gasteiger charge is -2.33. The Hall–Kier alpha value is -1.75. The van der Waals surface area contributed by atoms with Gasteiger partial charge in [0.25, 0.3) is 0 Å². The molecule has 0 saturated carbocycles. The molecular formula is C17H22ClNO4. The summed E-state index contributed by atoms with van der Waals surface area (Å²) in [6.07, 6.45) is 1.74. The quantitative estimate of drug-likeness (QED) is 0.828. The third kappa shape index (κ3) is 4.38. The Kier molecular flexibility index (Phi) is 5.19. The maximum Gasteiger partial charge on any atom is 0.410 e. The number of amides is 1. The van der Waals surface area contributed by atoms with Crippen LogP contribution in [-0.2, 0) is 4.74 Å². The third-order valence-electron chi connectivity index (χ3n) is 3.86. The summed E-state index contributed by atoms with van der Waals surface area (Å²) < 4.78 is 5.37. The fraction of sp³-hybridized carbons (Fsp3) is 0.529. The number of aldehydes is 1. The Morgan fingerprint density at radius 2 is 1.96 bits per heavy atom. The molecule has 1 amide bonds. The molecule has 0 atom stereocenters. The summed E-state index contributed by atoms with van der Waals surface area (Å²) in [5.74, 6) is 0.180. The fourth-order valence-corrected chi connectivity index (χ4v) is 2.93. The summed E-state index contributed by atoms with van der Waals surface area (Å²) in [7, 11) is 0. The molecular weight excluding hydrogens is 318 g/mol. The molecule has 0 unspecified atom stereocenters. The first-order valence-electron chi connectivity index (χ1n) is 7.67. The normalized spacial score (nSPS) is 16.3. The number of ether oxygens (including phenoxy) is 1. The number of rotatable bonds is 2. The largest absolute Gasteiger partial charge is 0.508 e. The summed E-state index contributed by atoms with van der Waals surface area (Å²) in [5, 5.41) is 10.4. The van der Waals surface area contributed by atoms with Gasteiger partial charge in [0.1, 0.15) is 11.4 Å². The van der Waals surface area contributed by atoms with Crippen molar-refractivity contribution in [2.24, 2.45) is 0 Å². The van der Waals surface area contributed by atoms with Gasteiger partial charge >= 0.3 is 6.09 Å². The average molecular weight is 340 g/mol. The van der Waals surface area contributed by atoms with Gasteiger partial charge in [-0.15, -0.1) is 0 Å². The van der Waals surface area contributed by atoms with E-state index in [0.29, 0.717) is 37.2 Å². The predicted octanol–water partition coefficient (Wildman–Crippen LogP) is 3.97. The molecule has 0 spiro atoms. The number of nitrogens with zero attached hydrogens (tertiary/aromatic N) is 1. The average Bonchev–Trinajstić information content (AvgIpc) is 2.47. The van der Waals surface area contributed by atoms with E-state index in [2.05, 4.69) is 0 Å². The molecule has 23 heavy (non-hydrogen) atoms. The van der Waals surface area contributed by atoms with E-state index >= 15 is 0 Å². The van der Waals surface area contributed by atoms with Crippen LogP contribution in [0, 0.1) is 0 Å². The molecule has 0 aliphatic carbocycles. The van der Waals surface area contributed by atoms with Gasteiger partial charge in [-0.2, -0.15) is 0 Å². The van der Waals surface area contributed by atoms with E-state index in [9.17, 15) is 14.7 Å². The zero-order valence-electron chi connectivity index (χ0n) is 13.6. The second kappa shape index (κ2) is 6.79. The molecule has 5 nitrogen and oxygen atoms in total. The van der Waals surface area contributed by atoms with E-state index in [-0.39, 0.29) is 23.3 Å². The Balaban J connectivity index is 2.03. The number of halogens is 1. The minimum atomic E-state index is -0.510. The third-order valence-corrected chi connectivity index (χ3v) is 4.19. The van der Waals surface area contributed by atoms with Crippen LogP contribution in [0.2, 0.25) is 5.02 Å². The van der Waals surface area contributed by atoms with Crippen molar-refractivity contribution in [2.75, 3.05) is 13.1 Å². The van der Waals surface area contributed by atoms with Crippen molar-refractivity contribution in [1.82, 2.24) is 4.90 Å². The fourth-order valence-electron chi connectivity index (χ4n) is 2.71. The van der Waals surface area contributed by atoms with Crippen LogP contribution in [0.5, 0.6) is 5.75 Å². The minimum Gasteiger partial charge on any atom is -0.508 e. The van der Waals surface area contributed by atoms with E-state index in [4.69, 9.17) is 16.3 Å². The highest BCUT2D eigenvalue weighted by molar-refractivity contribution is 6.33. The van der Waals surface area contributed by atoms with Crippen molar-refractivity contribution in [3.63, 3.8) is 0 Å². The Labute approximate surface area is 141 Å². The van der Waals surface area contributed by atoms with E-state index in [1.807, 2.05) is 20.8 Å². The molecule has 1 saturated heterocycles. The Bertz CT molecular complexity index is 601. The zero-order chi connectivity index (χ0) is 17.2. The lowest BCUT2D eigenvalue weighted by molar-refractivity contribution is 0.0204. The molecule has 0 bridgehead atoms. The molecule has 2 rings (SSSR count). The number of benzene rings is 1. The second-order valence-corrected chi connectivity index (χ2v) is 7.20. The zero-order valence-corrected chi connectivity index (χ0v) is 14.4. The SMILES string of the molecule is CC(C)(C)OC(=O)N1CCC(c2cc(Cl)c(C=O)cc2O)CC1. The number of hydrogen-bond acceptors (Lipinski definition) is 4. The van der Waals surface area contributed by atoms with Crippen LogP contribution in [0.3, 0.4) is 0 Å². The summed E-state index contributed by atoms with van der Waals surface area (Å²) in [6.45, 7) is 6.64. The molecule has 6 heteroatoms. The van der Waals surface area contributed by atoms with Gasteiger partial charge in [-0.05, 0) is 57.2 Å². The number of piperidine rings is 1. The van der Waals surface area contributed by atoms with Gasteiger partial charge in [0.05, 0.1) is 5.02 Å². The molecule has 1 aliphatic heterocycles. The minimum absolute atomic E-state index is 0.0761. The standard InChI is InChI=1S/C17H22ClNO4/c1-17(2,3)23-16(22)19-6-4-11(5-7-19)13-9-14(18)12(10-20)8-15(13)21/h8-11,21H,4-7H2,1-3H3. The van der Waals surface area contributed by atoms with E-state index in [1.165, 1.54) is 6.07 Å². The first kappa shape index (κ1) is 17.6. The lowest BCUT2D eigenvalue weighted by atomic mass is 9.88. The van der Waals surface area contributed by atoms with Gasteiger partial charge in [-0.3, -0.25) is 4.79 Å². The predicted molar refractivity (Wildman–Crippen MR) is 88.3 cm³/mol. The molecule has 1 heterocycles. The van der Waals surface area contributed by atoms with E-state index < -0.39 is 5.60 Å². The molecule has 126 valence electrons. The number of phenols is 1. The van der Waals surface area contributed by atoms with Crippen LogP contribution < -0.4 is 0 Å². The lowest BCUT2D eigenvalue weighted by Crippen LogP contribution is -2.41. The van der Waals surface area contributed by atoms with Crippen LogP contribution in [0.1, 0.15) is 55.5 Å². The van der Waals surface area contributed by atoms with Gasteiger partial charge < -0.3 is 14.7 Å². The van der Waals surface area contributed by atoms with Crippen LogP contribution in [0.4, 0.5) is 4.79 Å². The molecule has 1 aliphatic rings. The highest BCUT2D eigenvalue weighted by atomic mass is 35.5. The van der Waals surface area contributed by atoms with E-state index in [1.54, 1.807) is 11.0 Å². The number of aromatic hydroxyl groups is 1. The van der Waals surface area contributed by atoms with Crippen molar-refractivity contribution in [3.05, 3.63) is 28.3 Å². The summed E-state index contributed by atoms with van der Waals surface area (Å²) in [6, 6.07) is 3.04. The summed E-state index contributed by atoms with van der Waals surface area (Å²) in [5.41, 5.74) is 0.494. The maximum absolute atomic E-state index is 12.1. The van der Waals surface area contributed by atoms with E-state index in [0.717, 1.165) is 5.56 Å². The molecule has 0 aromatic heterocycles. The number of carbonyl (C=O) groups excluding carboxylic acids is 2. The van der Waals surface area contributed by atoms with Gasteiger partial charge in [0, 0.05) is 18.7 Å². The molecule has 1 aromatic rings. The molecule has 1 aromatic carbocycles. The topological polar surface area (TPSA) is 66.8 Å². The Morgan fingerprint density at radius 3 is 2.48 bits per heavy atom. The molecule has 1 fully saturated rings. The number of phenolic OH excluding ortho intramolecular Hbond substituents is 1. The van der Waals surface area contributed by atoms with Gasteiger partial charge in [-0.25, -0.2) is 4.79 Å². The Morgan fingerprint density at radius 1 is 1.35 bits per heavy atom. The summed E-state index contributed by atoms with van der Waals surface area (Å²) >= 11 is 6.05. The van der Waals surface area contributed by atoms with Crippen LogP contribution >= 0.6 is 11.6 Å². The van der Waals surface area contributed by atoms with Gasteiger partial charge in [0.15, 0.2) is 6.29 Å². The van der Waals surface area contributed by atoms with Crippen molar-refractivity contribution < 1.29 is 19.4 Å². The van der Waals surface area contributed by atoms with Gasteiger partial charge in [0.2, 0.25) is 0 Å². The van der Waals surface area contributed by atoms with Crippen molar-refractivity contribution in [3.8, 4) is 5.75 Å². The number of likely N-dealkylation sites (tertiary alicyclic amines) is 1. The molecule has 0 radical (unpaired) electrons. The van der Waals surface area contributed by atoms with Crippen molar-refractivity contribution in [1.29, 1.82) is 0 Å². The maximum atomic E-state index is 12.1. The molecule has 1 N–H and O–H groups in total. The number of hydrogen-bond donors (Lipinski definition) is 1. The monoisotopic (exact) mass is 339 g/mol. The highest BCUT2D eigenvalue weighted by Gasteiger charge is 2.28. The van der Waals surface area contributed by atoms with Crippen molar-refractivity contribution in [2.45, 2.75) is 45.1 Å².